The summed E-state index contributed by atoms with van der Waals surface area (Å²) in [6.07, 6.45) is -2.20. The van der Waals surface area contributed by atoms with Crippen molar-refractivity contribution in [1.82, 2.24) is 0 Å². The summed E-state index contributed by atoms with van der Waals surface area (Å²) >= 11 is 0. The Morgan fingerprint density at radius 2 is 1.69 bits per heavy atom. The van der Waals surface area contributed by atoms with Crippen LogP contribution in [0.1, 0.15) is 33.1 Å². The molecule has 0 radical (unpaired) electrons. The zero-order chi connectivity index (χ0) is 12.7. The Kier molecular flexibility index (Phi) is 7.29. The first-order valence-corrected chi connectivity index (χ1v) is 5.47. The largest absolute Gasteiger partial charge is 0.469 e. The minimum absolute atomic E-state index is 0.0624. The van der Waals surface area contributed by atoms with E-state index in [-0.39, 0.29) is 25.2 Å². The molecule has 16 heavy (non-hydrogen) atoms. The third-order valence-corrected chi connectivity index (χ3v) is 2.46. The number of hydrogen-bond acceptors (Lipinski definition) is 5. The van der Waals surface area contributed by atoms with Crippen LogP contribution in [-0.4, -0.2) is 46.7 Å². The van der Waals surface area contributed by atoms with Gasteiger partial charge in [0, 0.05) is 0 Å². The van der Waals surface area contributed by atoms with E-state index in [1.54, 1.807) is 0 Å². The molecule has 3 atom stereocenters. The van der Waals surface area contributed by atoms with Crippen molar-refractivity contribution in [2.75, 3.05) is 7.11 Å². The van der Waals surface area contributed by atoms with E-state index in [2.05, 4.69) is 4.74 Å². The molecule has 0 saturated heterocycles. The Morgan fingerprint density at radius 3 is 2.12 bits per heavy atom. The quantitative estimate of drug-likeness (QED) is 0.543. The van der Waals surface area contributed by atoms with Crippen molar-refractivity contribution in [1.29, 1.82) is 0 Å². The minimum Gasteiger partial charge on any atom is -0.469 e. The average Bonchev–Trinajstić information content (AvgIpc) is 2.16. The first-order chi connectivity index (χ1) is 7.36. The summed E-state index contributed by atoms with van der Waals surface area (Å²) in [6.45, 7) is 3.70. The molecule has 0 bridgehead atoms. The number of methoxy groups -OCH3 is 1. The maximum Gasteiger partial charge on any atom is 0.308 e. The molecule has 0 unspecified atom stereocenters. The Labute approximate surface area is 96.0 Å². The molecule has 0 heterocycles. The maximum absolute atomic E-state index is 10.8. The molecule has 0 aromatic carbocycles. The van der Waals surface area contributed by atoms with E-state index < -0.39 is 24.3 Å². The third kappa shape index (κ3) is 6.76. The summed E-state index contributed by atoms with van der Waals surface area (Å²) in [7, 11) is 1.24. The van der Waals surface area contributed by atoms with Gasteiger partial charge in [-0.25, -0.2) is 0 Å². The van der Waals surface area contributed by atoms with Gasteiger partial charge in [0.15, 0.2) is 0 Å². The molecule has 5 nitrogen and oxygen atoms in total. The van der Waals surface area contributed by atoms with Crippen molar-refractivity contribution < 1.29 is 24.9 Å². The number of hydrogen-bond donors (Lipinski definition) is 3. The molecule has 0 aromatic rings. The van der Waals surface area contributed by atoms with E-state index >= 15 is 0 Å². The van der Waals surface area contributed by atoms with E-state index in [4.69, 9.17) is 0 Å². The number of rotatable bonds is 7. The zero-order valence-corrected chi connectivity index (χ0v) is 10.1. The van der Waals surface area contributed by atoms with Crippen LogP contribution in [0.5, 0.6) is 0 Å². The highest BCUT2D eigenvalue weighted by molar-refractivity contribution is 5.69. The highest BCUT2D eigenvalue weighted by Crippen LogP contribution is 2.13. The van der Waals surface area contributed by atoms with E-state index in [1.165, 1.54) is 7.11 Å². The van der Waals surface area contributed by atoms with Crippen molar-refractivity contribution in [2.24, 2.45) is 5.92 Å². The summed E-state index contributed by atoms with van der Waals surface area (Å²) in [6, 6.07) is 0. The summed E-state index contributed by atoms with van der Waals surface area (Å²) in [5.41, 5.74) is 0. The first-order valence-electron chi connectivity index (χ1n) is 5.47. The number of esters is 1. The van der Waals surface area contributed by atoms with Crippen molar-refractivity contribution in [3.8, 4) is 0 Å². The molecule has 0 aliphatic heterocycles. The van der Waals surface area contributed by atoms with E-state index in [0.29, 0.717) is 0 Å². The van der Waals surface area contributed by atoms with Gasteiger partial charge in [-0.1, -0.05) is 13.8 Å². The van der Waals surface area contributed by atoms with Gasteiger partial charge in [0.25, 0.3) is 0 Å². The highest BCUT2D eigenvalue weighted by atomic mass is 16.5. The van der Waals surface area contributed by atoms with Crippen molar-refractivity contribution in [2.45, 2.75) is 51.4 Å². The smallest absolute Gasteiger partial charge is 0.308 e. The van der Waals surface area contributed by atoms with Gasteiger partial charge in [0.05, 0.1) is 31.8 Å². The lowest BCUT2D eigenvalue weighted by molar-refractivity contribution is -0.143. The molecule has 3 N–H and O–H groups in total. The maximum atomic E-state index is 10.8. The number of carbonyl (C=O) groups is 1. The average molecular weight is 234 g/mol. The molecule has 0 fully saturated rings. The van der Waals surface area contributed by atoms with Gasteiger partial charge in [0.1, 0.15) is 0 Å². The molecule has 5 heteroatoms. The fraction of sp³-hybridized carbons (Fsp3) is 0.909. The number of carbonyl (C=O) groups excluding carboxylic acids is 1. The Hall–Kier alpha value is -0.650. The van der Waals surface area contributed by atoms with Crippen LogP contribution in [-0.2, 0) is 9.53 Å². The van der Waals surface area contributed by atoms with Gasteiger partial charge in [-0.05, 0) is 18.8 Å². The number of aliphatic hydroxyl groups excluding tert-OH is 3. The third-order valence-electron chi connectivity index (χ3n) is 2.46. The molecule has 0 spiro atoms. The highest BCUT2D eigenvalue weighted by Gasteiger charge is 2.19. The molecule has 0 aliphatic rings. The van der Waals surface area contributed by atoms with E-state index in [0.717, 1.165) is 0 Å². The first kappa shape index (κ1) is 15.3. The van der Waals surface area contributed by atoms with Gasteiger partial charge in [0.2, 0.25) is 0 Å². The molecule has 0 saturated carbocycles. The monoisotopic (exact) mass is 234 g/mol. The minimum atomic E-state index is -0.929. The van der Waals surface area contributed by atoms with Crippen LogP contribution < -0.4 is 0 Å². The second-order valence-corrected chi connectivity index (χ2v) is 4.37. The van der Waals surface area contributed by atoms with Crippen LogP contribution in [0.25, 0.3) is 0 Å². The summed E-state index contributed by atoms with van der Waals surface area (Å²) in [5.74, 6) is -0.448. The number of aliphatic hydroxyl groups is 3. The normalized spacial score (nSPS) is 16.9. The zero-order valence-electron chi connectivity index (χ0n) is 10.1. The lowest BCUT2D eigenvalue weighted by atomic mass is 9.97. The Bertz CT molecular complexity index is 205. The van der Waals surface area contributed by atoms with Gasteiger partial charge in [-0.2, -0.15) is 0 Å². The van der Waals surface area contributed by atoms with Crippen molar-refractivity contribution in [3.63, 3.8) is 0 Å². The van der Waals surface area contributed by atoms with Gasteiger partial charge in [-0.15, -0.1) is 0 Å². The molecular weight excluding hydrogens is 212 g/mol. The molecule has 0 rings (SSSR count). The molecular formula is C11H22O5. The van der Waals surface area contributed by atoms with E-state index in [9.17, 15) is 20.1 Å². The predicted octanol–water partition coefficient (Wildman–Crippen LogP) is 0.0684. The predicted molar refractivity (Wildman–Crippen MR) is 58.7 cm³/mol. The van der Waals surface area contributed by atoms with E-state index in [1.807, 2.05) is 13.8 Å². The van der Waals surface area contributed by atoms with Crippen molar-refractivity contribution in [3.05, 3.63) is 0 Å². The summed E-state index contributed by atoms with van der Waals surface area (Å²) in [5, 5.41) is 28.5. The fourth-order valence-corrected chi connectivity index (χ4v) is 1.32. The lowest BCUT2D eigenvalue weighted by Crippen LogP contribution is -2.27. The van der Waals surface area contributed by atoms with Gasteiger partial charge < -0.3 is 20.1 Å². The standard InChI is InChI=1S/C11H22O5/c1-7(2)10(14)5-8(12)4-9(13)6-11(15)16-3/h7-10,12-14H,4-6H2,1-3H3/t8-,9+,10+/m0/s1. The Morgan fingerprint density at radius 1 is 1.12 bits per heavy atom. The Balaban J connectivity index is 3.86. The molecule has 0 aromatic heterocycles. The van der Waals surface area contributed by atoms with Crippen LogP contribution in [0, 0.1) is 5.92 Å². The fourth-order valence-electron chi connectivity index (χ4n) is 1.32. The second kappa shape index (κ2) is 7.60. The van der Waals surface area contributed by atoms with Gasteiger partial charge in [-0.3, -0.25) is 4.79 Å². The molecule has 96 valence electrons. The van der Waals surface area contributed by atoms with Crippen LogP contribution in [0.3, 0.4) is 0 Å². The topological polar surface area (TPSA) is 87.0 Å². The summed E-state index contributed by atoms with van der Waals surface area (Å²) in [4.78, 5) is 10.8. The van der Waals surface area contributed by atoms with Crippen LogP contribution in [0.15, 0.2) is 0 Å². The van der Waals surface area contributed by atoms with Crippen molar-refractivity contribution >= 4 is 5.97 Å². The summed E-state index contributed by atoms with van der Waals surface area (Å²) < 4.78 is 4.39. The molecule has 0 amide bonds. The SMILES string of the molecule is COC(=O)C[C@H](O)C[C@H](O)C[C@@H](O)C(C)C. The van der Waals surface area contributed by atoms with Crippen LogP contribution >= 0.6 is 0 Å². The van der Waals surface area contributed by atoms with Gasteiger partial charge >= 0.3 is 5.97 Å². The molecule has 0 aliphatic carbocycles. The van der Waals surface area contributed by atoms with Crippen LogP contribution in [0.2, 0.25) is 0 Å². The number of ether oxygens (including phenoxy) is 1. The lowest BCUT2D eigenvalue weighted by Gasteiger charge is -2.20. The second-order valence-electron chi connectivity index (χ2n) is 4.37. The van der Waals surface area contributed by atoms with Crippen LogP contribution in [0.4, 0.5) is 0 Å².